The second kappa shape index (κ2) is 7.62. The molecule has 3 atom stereocenters. The van der Waals surface area contributed by atoms with Crippen molar-refractivity contribution in [3.05, 3.63) is 41.2 Å². The number of nitrogens with two attached hydrogens (primary N) is 1. The van der Waals surface area contributed by atoms with Gasteiger partial charge in [-0.05, 0) is 61.8 Å². The van der Waals surface area contributed by atoms with Crippen molar-refractivity contribution in [2.24, 2.45) is 29.4 Å². The molecule has 3 rings (SSSR count). The summed E-state index contributed by atoms with van der Waals surface area (Å²) in [6.45, 7) is 7.50. The lowest BCUT2D eigenvalue weighted by Crippen LogP contribution is -2.32. The van der Waals surface area contributed by atoms with Gasteiger partial charge < -0.3 is 15.5 Å². The third-order valence-corrected chi connectivity index (χ3v) is 5.75. The molecule has 140 valence electrons. The summed E-state index contributed by atoms with van der Waals surface area (Å²) >= 11 is 0. The zero-order valence-corrected chi connectivity index (χ0v) is 16.1. The van der Waals surface area contributed by atoms with Gasteiger partial charge in [0, 0.05) is 6.42 Å². The van der Waals surface area contributed by atoms with Crippen molar-refractivity contribution in [1.82, 2.24) is 9.97 Å². The first-order valence-corrected chi connectivity index (χ1v) is 9.38. The molecule has 5 nitrogen and oxygen atoms in total. The number of aromatic amines is 1. The molecule has 0 bridgehead atoms. The van der Waals surface area contributed by atoms with Gasteiger partial charge in [-0.2, -0.15) is 0 Å². The summed E-state index contributed by atoms with van der Waals surface area (Å²) in [6.07, 6.45) is 4.40. The average Bonchev–Trinajstić information content (AvgIpc) is 3.03. The highest BCUT2D eigenvalue weighted by Gasteiger charge is 2.31. The molecule has 0 aliphatic heterocycles. The quantitative estimate of drug-likeness (QED) is 0.633. The second-order valence-corrected chi connectivity index (χ2v) is 7.76. The van der Waals surface area contributed by atoms with Crippen molar-refractivity contribution in [3.63, 3.8) is 0 Å². The van der Waals surface area contributed by atoms with Crippen molar-refractivity contribution in [2.45, 2.75) is 33.6 Å². The summed E-state index contributed by atoms with van der Waals surface area (Å²) in [5, 5.41) is 0. The van der Waals surface area contributed by atoms with E-state index < -0.39 is 0 Å². The fourth-order valence-electron chi connectivity index (χ4n) is 4.18. The van der Waals surface area contributed by atoms with Gasteiger partial charge in [0.25, 0.3) is 0 Å². The van der Waals surface area contributed by atoms with Crippen LogP contribution in [-0.4, -0.2) is 29.6 Å². The molecule has 3 unspecified atom stereocenters. The van der Waals surface area contributed by atoms with Gasteiger partial charge in [0.1, 0.15) is 5.82 Å². The van der Waals surface area contributed by atoms with Crippen LogP contribution in [0.2, 0.25) is 0 Å². The second-order valence-electron chi connectivity index (χ2n) is 7.76. The molecule has 1 heterocycles. The normalized spacial score (nSPS) is 23.3. The molecule has 0 saturated carbocycles. The first-order chi connectivity index (χ1) is 12.4. The Labute approximate surface area is 155 Å². The molecule has 0 fully saturated rings. The molecule has 5 heteroatoms. The molecule has 0 saturated heterocycles. The van der Waals surface area contributed by atoms with Crippen LogP contribution >= 0.6 is 0 Å². The third-order valence-electron chi connectivity index (χ3n) is 5.75. The number of carbonyl (C=O) groups excluding carboxylic acids is 1. The van der Waals surface area contributed by atoms with Crippen LogP contribution in [0.15, 0.2) is 29.8 Å². The van der Waals surface area contributed by atoms with Crippen LogP contribution in [-0.2, 0) is 11.2 Å². The number of aromatic nitrogens is 2. The Morgan fingerprint density at radius 1 is 1.42 bits per heavy atom. The number of benzene rings is 1. The van der Waals surface area contributed by atoms with Crippen LogP contribution in [0.3, 0.4) is 0 Å². The Hall–Kier alpha value is -2.14. The minimum atomic E-state index is -0.332. The van der Waals surface area contributed by atoms with Gasteiger partial charge in [-0.3, -0.25) is 0 Å². The molecule has 1 aliphatic carbocycles. The van der Waals surface area contributed by atoms with Crippen LogP contribution in [0.5, 0.6) is 0 Å². The maximum atomic E-state index is 11.7. The van der Waals surface area contributed by atoms with E-state index in [9.17, 15) is 4.79 Å². The maximum Gasteiger partial charge on any atom is 0.337 e. The number of hydrogen-bond donors (Lipinski definition) is 2. The van der Waals surface area contributed by atoms with Crippen molar-refractivity contribution in [1.29, 1.82) is 0 Å². The number of H-pyrrole nitrogens is 1. The summed E-state index contributed by atoms with van der Waals surface area (Å²) in [5.74, 6) is 2.82. The Kier molecular flexibility index (Phi) is 5.47. The molecule has 2 aromatic rings. The highest BCUT2D eigenvalue weighted by Crippen LogP contribution is 2.38. The molecule has 1 aromatic heterocycles. The van der Waals surface area contributed by atoms with Gasteiger partial charge >= 0.3 is 5.97 Å². The smallest absolute Gasteiger partial charge is 0.337 e. The van der Waals surface area contributed by atoms with E-state index in [1.165, 1.54) is 12.7 Å². The molecule has 1 aliphatic rings. The molecule has 26 heavy (non-hydrogen) atoms. The summed E-state index contributed by atoms with van der Waals surface area (Å²) in [5.41, 5.74) is 9.69. The standard InChI is InChI=1S/C21H29N3O2/c1-12(2)17-8-15(13(3)7-16(17)11-22)10-20-23-18-6-5-14(21(25)26-4)9-19(18)24-20/h5-7,9,12,15-17H,8,10-11,22H2,1-4H3,(H,23,24). The molecular weight excluding hydrogens is 326 g/mol. The lowest BCUT2D eigenvalue weighted by molar-refractivity contribution is 0.0601. The van der Waals surface area contributed by atoms with Crippen LogP contribution < -0.4 is 5.73 Å². The summed E-state index contributed by atoms with van der Waals surface area (Å²) in [6, 6.07) is 5.43. The third kappa shape index (κ3) is 3.68. The fourth-order valence-corrected chi connectivity index (χ4v) is 4.18. The molecular formula is C21H29N3O2. The average molecular weight is 355 g/mol. The molecule has 1 aromatic carbocycles. The van der Waals surface area contributed by atoms with Crippen molar-refractivity contribution < 1.29 is 9.53 Å². The number of ether oxygens (including phenoxy) is 1. The van der Waals surface area contributed by atoms with E-state index in [1.54, 1.807) is 6.07 Å². The van der Waals surface area contributed by atoms with Crippen molar-refractivity contribution in [3.8, 4) is 0 Å². The number of carbonyl (C=O) groups is 1. The van der Waals surface area contributed by atoms with Crippen LogP contribution in [0.25, 0.3) is 11.0 Å². The molecule has 0 amide bonds. The Bertz CT molecular complexity index is 822. The minimum Gasteiger partial charge on any atom is -0.465 e. The number of hydrogen-bond acceptors (Lipinski definition) is 4. The number of allylic oxidation sites excluding steroid dienone is 1. The highest BCUT2D eigenvalue weighted by atomic mass is 16.5. The highest BCUT2D eigenvalue weighted by molar-refractivity contribution is 5.93. The zero-order valence-electron chi connectivity index (χ0n) is 16.1. The predicted octanol–water partition coefficient (Wildman–Crippen LogP) is 3.71. The van der Waals surface area contributed by atoms with E-state index in [2.05, 4.69) is 31.8 Å². The van der Waals surface area contributed by atoms with Gasteiger partial charge in [0.2, 0.25) is 0 Å². The van der Waals surface area contributed by atoms with Crippen molar-refractivity contribution >= 4 is 17.0 Å². The minimum absolute atomic E-state index is 0.332. The first kappa shape index (κ1) is 18.6. The van der Waals surface area contributed by atoms with Crippen molar-refractivity contribution in [2.75, 3.05) is 13.7 Å². The lowest BCUT2D eigenvalue weighted by atomic mass is 9.70. The van der Waals surface area contributed by atoms with Gasteiger partial charge in [0.15, 0.2) is 0 Å². The number of imidazole rings is 1. The fraction of sp³-hybridized carbons (Fsp3) is 0.524. The van der Waals surface area contributed by atoms with Crippen LogP contribution in [0.1, 0.15) is 43.4 Å². The number of esters is 1. The Balaban J connectivity index is 1.83. The van der Waals surface area contributed by atoms with E-state index in [-0.39, 0.29) is 5.97 Å². The summed E-state index contributed by atoms with van der Waals surface area (Å²) in [4.78, 5) is 19.8. The van der Waals surface area contributed by atoms with Crippen LogP contribution in [0, 0.1) is 23.7 Å². The zero-order chi connectivity index (χ0) is 18.8. The topological polar surface area (TPSA) is 81.0 Å². The van der Waals surface area contributed by atoms with Gasteiger partial charge in [0.05, 0.1) is 23.7 Å². The molecule has 0 spiro atoms. The van der Waals surface area contributed by atoms with Gasteiger partial charge in [-0.1, -0.05) is 25.5 Å². The molecule has 3 N–H and O–H groups in total. The number of nitrogens with one attached hydrogen (secondary N) is 1. The lowest BCUT2D eigenvalue weighted by Gasteiger charge is -2.36. The Morgan fingerprint density at radius 3 is 2.85 bits per heavy atom. The maximum absolute atomic E-state index is 11.7. The van der Waals surface area contributed by atoms with Gasteiger partial charge in [-0.15, -0.1) is 0 Å². The van der Waals surface area contributed by atoms with E-state index in [4.69, 9.17) is 15.5 Å². The van der Waals surface area contributed by atoms with E-state index in [1.807, 2.05) is 12.1 Å². The Morgan fingerprint density at radius 2 is 2.19 bits per heavy atom. The first-order valence-electron chi connectivity index (χ1n) is 9.38. The summed E-state index contributed by atoms with van der Waals surface area (Å²) < 4.78 is 4.79. The summed E-state index contributed by atoms with van der Waals surface area (Å²) in [7, 11) is 1.39. The van der Waals surface area contributed by atoms with E-state index in [0.29, 0.717) is 35.8 Å². The largest absolute Gasteiger partial charge is 0.465 e. The van der Waals surface area contributed by atoms with E-state index in [0.717, 1.165) is 29.7 Å². The number of methoxy groups -OCH3 is 1. The monoisotopic (exact) mass is 355 g/mol. The van der Waals surface area contributed by atoms with Gasteiger partial charge in [-0.25, -0.2) is 9.78 Å². The SMILES string of the molecule is COC(=O)c1ccc2nc(CC3CC(C(C)C)C(CN)C=C3C)[nH]c2c1. The van der Waals surface area contributed by atoms with E-state index >= 15 is 0 Å². The number of rotatable bonds is 5. The molecule has 0 radical (unpaired) electrons. The predicted molar refractivity (Wildman–Crippen MR) is 104 cm³/mol. The van der Waals surface area contributed by atoms with Crippen LogP contribution in [0.4, 0.5) is 0 Å². The number of nitrogens with zero attached hydrogens (tertiary/aromatic N) is 1. The number of fused-ring (bicyclic) bond motifs is 1.